The number of fused-ring (bicyclic) bond motifs is 1. The summed E-state index contributed by atoms with van der Waals surface area (Å²) in [4.78, 5) is 15.7. The van der Waals surface area contributed by atoms with Gasteiger partial charge in [0.1, 0.15) is 0 Å². The van der Waals surface area contributed by atoms with Crippen LogP contribution in [0.1, 0.15) is 36.5 Å². The van der Waals surface area contributed by atoms with Crippen LogP contribution in [0.15, 0.2) is 18.3 Å². The van der Waals surface area contributed by atoms with Crippen molar-refractivity contribution in [3.05, 3.63) is 29.7 Å². The van der Waals surface area contributed by atoms with Crippen molar-refractivity contribution in [2.45, 2.75) is 26.7 Å². The Bertz CT molecular complexity index is 534. The van der Waals surface area contributed by atoms with E-state index in [0.29, 0.717) is 17.9 Å². The second-order valence-electron chi connectivity index (χ2n) is 3.72. The van der Waals surface area contributed by atoms with E-state index in [9.17, 15) is 4.79 Å². The second kappa shape index (κ2) is 4.95. The van der Waals surface area contributed by atoms with E-state index >= 15 is 0 Å². The maximum absolute atomic E-state index is 11.5. The molecule has 0 spiro atoms. The van der Waals surface area contributed by atoms with E-state index in [0.717, 1.165) is 18.5 Å². The van der Waals surface area contributed by atoms with Crippen molar-refractivity contribution in [1.29, 1.82) is 0 Å². The molecule has 0 aliphatic rings. The van der Waals surface area contributed by atoms with Crippen LogP contribution < -0.4 is 0 Å². The number of aryl methyl sites for hydroxylation is 1. The largest absolute Gasteiger partial charge is 0.461 e. The highest BCUT2D eigenvalue weighted by Crippen LogP contribution is 2.07. The van der Waals surface area contributed by atoms with E-state index in [1.54, 1.807) is 17.6 Å². The number of rotatable bonds is 4. The molecule has 2 aromatic heterocycles. The van der Waals surface area contributed by atoms with Gasteiger partial charge in [-0.2, -0.15) is 5.10 Å². The zero-order chi connectivity index (χ0) is 12.3. The lowest BCUT2D eigenvalue weighted by Gasteiger charge is -1.97. The third-order valence-electron chi connectivity index (χ3n) is 2.37. The molecule has 0 saturated carbocycles. The van der Waals surface area contributed by atoms with Gasteiger partial charge in [0.15, 0.2) is 11.3 Å². The molecule has 2 rings (SSSR count). The summed E-state index contributed by atoms with van der Waals surface area (Å²) in [5.41, 5.74) is 1.95. The third-order valence-corrected chi connectivity index (χ3v) is 2.37. The number of carbonyl (C=O) groups excluding carboxylic acids is 1. The van der Waals surface area contributed by atoms with Gasteiger partial charge in [-0.1, -0.05) is 13.3 Å². The van der Waals surface area contributed by atoms with Crippen molar-refractivity contribution in [2.24, 2.45) is 0 Å². The fraction of sp³-hybridized carbons (Fsp3) is 0.417. The van der Waals surface area contributed by atoms with Gasteiger partial charge in [-0.3, -0.25) is 0 Å². The van der Waals surface area contributed by atoms with Crippen molar-refractivity contribution in [3.63, 3.8) is 0 Å². The summed E-state index contributed by atoms with van der Waals surface area (Å²) >= 11 is 0. The number of nitrogens with zero attached hydrogens (tertiary/aromatic N) is 3. The quantitative estimate of drug-likeness (QED) is 0.756. The molecule has 0 radical (unpaired) electrons. The number of ether oxygens (including phenoxy) is 1. The molecule has 0 aromatic carbocycles. The predicted octanol–water partition coefficient (Wildman–Crippen LogP) is 1.86. The molecule has 0 N–H and O–H groups in total. The molecular formula is C12H15N3O2. The Balaban J connectivity index is 2.33. The average Bonchev–Trinajstić information content (AvgIpc) is 2.73. The van der Waals surface area contributed by atoms with Crippen LogP contribution in [0.5, 0.6) is 0 Å². The van der Waals surface area contributed by atoms with Crippen LogP contribution in [0.4, 0.5) is 0 Å². The fourth-order valence-corrected chi connectivity index (χ4v) is 1.61. The molecule has 0 unspecified atom stereocenters. The SMILES string of the molecule is CCCc1ccc2nc(C(=O)OCC)cn2n1. The van der Waals surface area contributed by atoms with Crippen molar-refractivity contribution in [3.8, 4) is 0 Å². The van der Waals surface area contributed by atoms with Gasteiger partial charge in [0, 0.05) is 0 Å². The second-order valence-corrected chi connectivity index (χ2v) is 3.72. The summed E-state index contributed by atoms with van der Waals surface area (Å²) in [6.07, 6.45) is 3.56. The first kappa shape index (κ1) is 11.6. The van der Waals surface area contributed by atoms with Crippen LogP contribution in [0.2, 0.25) is 0 Å². The predicted molar refractivity (Wildman–Crippen MR) is 62.9 cm³/mol. The van der Waals surface area contributed by atoms with E-state index in [2.05, 4.69) is 17.0 Å². The van der Waals surface area contributed by atoms with Crippen LogP contribution >= 0.6 is 0 Å². The lowest BCUT2D eigenvalue weighted by atomic mass is 10.2. The molecule has 90 valence electrons. The van der Waals surface area contributed by atoms with E-state index in [1.807, 2.05) is 12.1 Å². The normalized spacial score (nSPS) is 10.7. The van der Waals surface area contributed by atoms with Gasteiger partial charge in [0.05, 0.1) is 18.5 Å². The first-order valence-electron chi connectivity index (χ1n) is 5.77. The summed E-state index contributed by atoms with van der Waals surface area (Å²) in [7, 11) is 0. The van der Waals surface area contributed by atoms with Gasteiger partial charge in [0.25, 0.3) is 0 Å². The molecule has 0 saturated heterocycles. The van der Waals surface area contributed by atoms with Crippen LogP contribution in [0, 0.1) is 0 Å². The number of esters is 1. The fourth-order valence-electron chi connectivity index (χ4n) is 1.61. The molecule has 0 bridgehead atoms. The molecule has 2 heterocycles. The molecule has 17 heavy (non-hydrogen) atoms. The summed E-state index contributed by atoms with van der Waals surface area (Å²) in [5, 5.41) is 4.37. The van der Waals surface area contributed by atoms with Crippen LogP contribution in [-0.2, 0) is 11.2 Å². The van der Waals surface area contributed by atoms with E-state index < -0.39 is 5.97 Å². The zero-order valence-electron chi connectivity index (χ0n) is 10.0. The Labute approximate surface area is 99.4 Å². The van der Waals surface area contributed by atoms with Crippen molar-refractivity contribution in [1.82, 2.24) is 14.6 Å². The average molecular weight is 233 g/mol. The monoisotopic (exact) mass is 233 g/mol. The molecule has 0 atom stereocenters. The molecule has 0 fully saturated rings. The van der Waals surface area contributed by atoms with Crippen LogP contribution in [-0.4, -0.2) is 27.2 Å². The van der Waals surface area contributed by atoms with Gasteiger partial charge < -0.3 is 4.74 Å². The molecule has 5 heteroatoms. The Hall–Kier alpha value is -1.91. The number of hydrogen-bond donors (Lipinski definition) is 0. The number of hydrogen-bond acceptors (Lipinski definition) is 4. The molecule has 0 amide bonds. The highest BCUT2D eigenvalue weighted by atomic mass is 16.5. The summed E-state index contributed by atoms with van der Waals surface area (Å²) in [6.45, 7) is 4.22. The van der Waals surface area contributed by atoms with E-state index in [4.69, 9.17) is 4.74 Å². The maximum Gasteiger partial charge on any atom is 0.358 e. The Morgan fingerprint density at radius 2 is 2.24 bits per heavy atom. The van der Waals surface area contributed by atoms with Gasteiger partial charge in [-0.25, -0.2) is 14.3 Å². The van der Waals surface area contributed by atoms with Crippen LogP contribution in [0.3, 0.4) is 0 Å². The smallest absolute Gasteiger partial charge is 0.358 e. The number of carbonyl (C=O) groups is 1. The van der Waals surface area contributed by atoms with Gasteiger partial charge in [-0.05, 0) is 25.5 Å². The van der Waals surface area contributed by atoms with Crippen LogP contribution in [0.25, 0.3) is 5.65 Å². The highest BCUT2D eigenvalue weighted by molar-refractivity contribution is 5.87. The maximum atomic E-state index is 11.5. The lowest BCUT2D eigenvalue weighted by Crippen LogP contribution is -2.04. The van der Waals surface area contributed by atoms with Gasteiger partial charge in [0.2, 0.25) is 0 Å². The first-order chi connectivity index (χ1) is 8.24. The minimum absolute atomic E-state index is 0.299. The van der Waals surface area contributed by atoms with E-state index in [-0.39, 0.29) is 0 Å². The minimum atomic E-state index is -0.407. The minimum Gasteiger partial charge on any atom is -0.461 e. The summed E-state index contributed by atoms with van der Waals surface area (Å²) < 4.78 is 6.51. The number of imidazole rings is 1. The lowest BCUT2D eigenvalue weighted by molar-refractivity contribution is 0.0520. The highest BCUT2D eigenvalue weighted by Gasteiger charge is 2.12. The zero-order valence-corrected chi connectivity index (χ0v) is 10.0. The van der Waals surface area contributed by atoms with E-state index in [1.165, 1.54) is 0 Å². The molecule has 5 nitrogen and oxygen atoms in total. The summed E-state index contributed by atoms with van der Waals surface area (Å²) in [5.74, 6) is -0.407. The Morgan fingerprint density at radius 3 is 2.94 bits per heavy atom. The summed E-state index contributed by atoms with van der Waals surface area (Å²) in [6, 6.07) is 3.79. The van der Waals surface area contributed by atoms with Crippen molar-refractivity contribution < 1.29 is 9.53 Å². The van der Waals surface area contributed by atoms with Crippen molar-refractivity contribution in [2.75, 3.05) is 6.61 Å². The molecular weight excluding hydrogens is 218 g/mol. The van der Waals surface area contributed by atoms with Gasteiger partial charge in [-0.15, -0.1) is 0 Å². The van der Waals surface area contributed by atoms with Crippen molar-refractivity contribution >= 4 is 11.6 Å². The Kier molecular flexibility index (Phi) is 3.37. The molecule has 0 aliphatic heterocycles. The molecule has 2 aromatic rings. The first-order valence-corrected chi connectivity index (χ1v) is 5.77. The third kappa shape index (κ3) is 2.43. The number of aromatic nitrogens is 3. The molecule has 0 aliphatic carbocycles. The Morgan fingerprint density at radius 1 is 1.41 bits per heavy atom. The van der Waals surface area contributed by atoms with Gasteiger partial charge >= 0.3 is 5.97 Å². The topological polar surface area (TPSA) is 56.5 Å². The standard InChI is InChI=1S/C12H15N3O2/c1-3-5-9-6-7-11-13-10(8-15(11)14-9)12(16)17-4-2/h6-8H,3-5H2,1-2H3.